The molecule has 1 aromatic rings. The lowest BCUT2D eigenvalue weighted by atomic mass is 9.78. The molecule has 2 heterocycles. The third-order valence-electron chi connectivity index (χ3n) is 5.95. The van der Waals surface area contributed by atoms with Gasteiger partial charge in [0.2, 0.25) is 5.91 Å². The van der Waals surface area contributed by atoms with Crippen LogP contribution in [-0.4, -0.2) is 37.0 Å². The number of halogens is 2. The number of amides is 1. The standard InChI is InChI=1S/C18H22Cl2N2O/c19-15-2-1-12(9-16(15)20)13-10-14(13)17(23)22-7-4-18(5-8-22)3-6-21-11-18/h1-2,9,13-14,21H,3-8,10-11H2. The summed E-state index contributed by atoms with van der Waals surface area (Å²) in [6.07, 6.45) is 4.51. The fraction of sp³-hybridized carbons (Fsp3) is 0.611. The number of piperidine rings is 1. The third kappa shape index (κ3) is 2.99. The molecular formula is C18H22Cl2N2O. The van der Waals surface area contributed by atoms with E-state index in [0.717, 1.165) is 51.0 Å². The van der Waals surface area contributed by atoms with Gasteiger partial charge in [-0.05, 0) is 61.3 Å². The van der Waals surface area contributed by atoms with Gasteiger partial charge in [-0.3, -0.25) is 4.79 Å². The van der Waals surface area contributed by atoms with E-state index in [-0.39, 0.29) is 5.92 Å². The summed E-state index contributed by atoms with van der Waals surface area (Å²) < 4.78 is 0. The van der Waals surface area contributed by atoms with Gasteiger partial charge >= 0.3 is 0 Å². The Labute approximate surface area is 147 Å². The van der Waals surface area contributed by atoms with Crippen molar-refractivity contribution in [1.82, 2.24) is 10.2 Å². The molecule has 1 saturated carbocycles. The van der Waals surface area contributed by atoms with Gasteiger partial charge in [0, 0.05) is 25.6 Å². The molecule has 1 spiro atoms. The number of carbonyl (C=O) groups excluding carboxylic acids is 1. The number of nitrogens with one attached hydrogen (secondary N) is 1. The lowest BCUT2D eigenvalue weighted by molar-refractivity contribution is -0.134. The molecule has 2 saturated heterocycles. The van der Waals surface area contributed by atoms with Crippen molar-refractivity contribution in [2.75, 3.05) is 26.2 Å². The zero-order valence-corrected chi connectivity index (χ0v) is 14.7. The molecule has 23 heavy (non-hydrogen) atoms. The number of carbonyl (C=O) groups is 1. The molecule has 0 radical (unpaired) electrons. The number of hydrogen-bond donors (Lipinski definition) is 1. The Kier molecular flexibility index (Phi) is 4.07. The van der Waals surface area contributed by atoms with E-state index < -0.39 is 0 Å². The first kappa shape index (κ1) is 15.7. The molecule has 3 aliphatic rings. The maximum Gasteiger partial charge on any atom is 0.226 e. The lowest BCUT2D eigenvalue weighted by Crippen LogP contribution is -2.44. The third-order valence-corrected chi connectivity index (χ3v) is 6.69. The van der Waals surface area contributed by atoms with Crippen molar-refractivity contribution in [2.24, 2.45) is 11.3 Å². The van der Waals surface area contributed by atoms with Crippen LogP contribution in [0.25, 0.3) is 0 Å². The first-order chi connectivity index (χ1) is 11.1. The van der Waals surface area contributed by atoms with Crippen LogP contribution in [0.15, 0.2) is 18.2 Å². The number of nitrogens with zero attached hydrogens (tertiary/aromatic N) is 1. The van der Waals surface area contributed by atoms with Crippen molar-refractivity contribution in [2.45, 2.75) is 31.6 Å². The van der Waals surface area contributed by atoms with Gasteiger partial charge in [0.05, 0.1) is 10.0 Å². The van der Waals surface area contributed by atoms with Crippen molar-refractivity contribution in [3.8, 4) is 0 Å². The second kappa shape index (κ2) is 5.94. The maximum absolute atomic E-state index is 12.8. The minimum atomic E-state index is 0.142. The van der Waals surface area contributed by atoms with Crippen LogP contribution in [0.4, 0.5) is 0 Å². The Hall–Kier alpha value is -0.770. The lowest BCUT2D eigenvalue weighted by Gasteiger charge is -2.39. The Morgan fingerprint density at radius 3 is 2.61 bits per heavy atom. The minimum Gasteiger partial charge on any atom is -0.342 e. The van der Waals surface area contributed by atoms with E-state index in [0.29, 0.717) is 27.3 Å². The fourth-order valence-corrected chi connectivity index (χ4v) is 4.54. The summed E-state index contributed by atoms with van der Waals surface area (Å²) in [6, 6.07) is 5.75. The molecule has 1 amide bonds. The van der Waals surface area contributed by atoms with Gasteiger partial charge in [-0.15, -0.1) is 0 Å². The zero-order chi connectivity index (χ0) is 16.0. The van der Waals surface area contributed by atoms with Crippen molar-refractivity contribution >= 4 is 29.1 Å². The van der Waals surface area contributed by atoms with Crippen LogP contribution in [0, 0.1) is 11.3 Å². The Morgan fingerprint density at radius 1 is 1.17 bits per heavy atom. The average molecular weight is 353 g/mol. The normalized spacial score (nSPS) is 29.0. The topological polar surface area (TPSA) is 32.3 Å². The highest BCUT2D eigenvalue weighted by Gasteiger charge is 2.47. The van der Waals surface area contributed by atoms with Gasteiger partial charge in [-0.2, -0.15) is 0 Å². The smallest absolute Gasteiger partial charge is 0.226 e. The van der Waals surface area contributed by atoms with Crippen molar-refractivity contribution in [3.05, 3.63) is 33.8 Å². The summed E-state index contributed by atoms with van der Waals surface area (Å²) in [5.41, 5.74) is 1.61. The number of likely N-dealkylation sites (tertiary alicyclic amines) is 1. The second-order valence-electron chi connectivity index (χ2n) is 7.37. The summed E-state index contributed by atoms with van der Waals surface area (Å²) in [5, 5.41) is 4.63. The van der Waals surface area contributed by atoms with Gasteiger partial charge in [0.25, 0.3) is 0 Å². The quantitative estimate of drug-likeness (QED) is 0.879. The van der Waals surface area contributed by atoms with Crippen LogP contribution in [0.2, 0.25) is 10.0 Å². The van der Waals surface area contributed by atoms with Gasteiger partial charge in [0.1, 0.15) is 0 Å². The Bertz CT molecular complexity index is 617. The molecular weight excluding hydrogens is 331 g/mol. The van der Waals surface area contributed by atoms with Crippen LogP contribution in [0.5, 0.6) is 0 Å². The Balaban J connectivity index is 1.37. The Morgan fingerprint density at radius 2 is 1.96 bits per heavy atom. The molecule has 124 valence electrons. The van der Waals surface area contributed by atoms with Crippen molar-refractivity contribution in [3.63, 3.8) is 0 Å². The average Bonchev–Trinajstić information content (AvgIpc) is 3.24. The van der Waals surface area contributed by atoms with E-state index in [1.165, 1.54) is 6.42 Å². The zero-order valence-electron chi connectivity index (χ0n) is 13.2. The molecule has 2 atom stereocenters. The molecule has 5 heteroatoms. The van der Waals surface area contributed by atoms with E-state index in [1.54, 1.807) is 0 Å². The van der Waals surface area contributed by atoms with E-state index in [4.69, 9.17) is 23.2 Å². The van der Waals surface area contributed by atoms with Gasteiger partial charge < -0.3 is 10.2 Å². The first-order valence-corrected chi connectivity index (χ1v) is 9.28. The van der Waals surface area contributed by atoms with Crippen molar-refractivity contribution < 1.29 is 4.79 Å². The maximum atomic E-state index is 12.8. The van der Waals surface area contributed by atoms with Crippen molar-refractivity contribution in [1.29, 1.82) is 0 Å². The summed E-state index contributed by atoms with van der Waals surface area (Å²) >= 11 is 12.1. The monoisotopic (exact) mass is 352 g/mol. The molecule has 0 aromatic heterocycles. The highest BCUT2D eigenvalue weighted by atomic mass is 35.5. The number of rotatable bonds is 2. The second-order valence-corrected chi connectivity index (χ2v) is 8.19. The summed E-state index contributed by atoms with van der Waals surface area (Å²) in [4.78, 5) is 14.8. The SMILES string of the molecule is O=C(C1CC1c1ccc(Cl)c(Cl)c1)N1CCC2(CCNC2)CC1. The highest BCUT2D eigenvalue weighted by molar-refractivity contribution is 6.42. The van der Waals surface area contributed by atoms with Gasteiger partial charge in [0.15, 0.2) is 0 Å². The fourth-order valence-electron chi connectivity index (χ4n) is 4.24. The van der Waals surface area contributed by atoms with Crippen LogP contribution in [0.3, 0.4) is 0 Å². The predicted octanol–water partition coefficient (Wildman–Crippen LogP) is 3.70. The number of benzene rings is 1. The van der Waals surface area contributed by atoms with Crippen LogP contribution in [0.1, 0.15) is 37.2 Å². The minimum absolute atomic E-state index is 0.142. The summed E-state index contributed by atoms with van der Waals surface area (Å²) in [6.45, 7) is 4.11. The molecule has 1 aliphatic carbocycles. The van der Waals surface area contributed by atoms with Gasteiger partial charge in [-0.1, -0.05) is 29.3 Å². The molecule has 2 unspecified atom stereocenters. The van der Waals surface area contributed by atoms with E-state index in [9.17, 15) is 4.79 Å². The predicted molar refractivity (Wildman–Crippen MR) is 93.0 cm³/mol. The van der Waals surface area contributed by atoms with Gasteiger partial charge in [-0.25, -0.2) is 0 Å². The van der Waals surface area contributed by atoms with Crippen LogP contribution < -0.4 is 5.32 Å². The molecule has 3 fully saturated rings. The molecule has 0 bridgehead atoms. The summed E-state index contributed by atoms with van der Waals surface area (Å²) in [5.74, 6) is 0.797. The molecule has 3 nitrogen and oxygen atoms in total. The van der Waals surface area contributed by atoms with Crippen LogP contribution in [-0.2, 0) is 4.79 Å². The molecule has 2 aliphatic heterocycles. The molecule has 4 rings (SSSR count). The van der Waals surface area contributed by atoms with E-state index in [2.05, 4.69) is 10.2 Å². The summed E-state index contributed by atoms with van der Waals surface area (Å²) in [7, 11) is 0. The number of hydrogen-bond acceptors (Lipinski definition) is 2. The van der Waals surface area contributed by atoms with Crippen LogP contribution >= 0.6 is 23.2 Å². The molecule has 1 N–H and O–H groups in total. The van der Waals surface area contributed by atoms with E-state index in [1.807, 2.05) is 18.2 Å². The first-order valence-electron chi connectivity index (χ1n) is 8.52. The van der Waals surface area contributed by atoms with E-state index >= 15 is 0 Å². The largest absolute Gasteiger partial charge is 0.342 e. The molecule has 1 aromatic carbocycles. The highest BCUT2D eigenvalue weighted by Crippen LogP contribution is 2.50.